The van der Waals surface area contributed by atoms with E-state index in [1.54, 1.807) is 0 Å². The van der Waals surface area contributed by atoms with Crippen LogP contribution in [0.15, 0.2) is 24.3 Å². The van der Waals surface area contributed by atoms with Gasteiger partial charge in [-0.25, -0.2) is 0 Å². The van der Waals surface area contributed by atoms with E-state index in [-0.39, 0.29) is 23.7 Å². The summed E-state index contributed by atoms with van der Waals surface area (Å²) >= 11 is 0. The Morgan fingerprint density at radius 1 is 1.14 bits per heavy atom. The van der Waals surface area contributed by atoms with Gasteiger partial charge >= 0.3 is 0 Å². The average molecular weight is 388 g/mol. The first-order valence-corrected chi connectivity index (χ1v) is 11.3. The number of rotatable bonds is 5. The largest absolute Gasteiger partial charge is 0.492 e. The van der Waals surface area contributed by atoms with Crippen molar-refractivity contribution >= 4 is 0 Å². The van der Waals surface area contributed by atoms with Gasteiger partial charge in [0.15, 0.2) is 0 Å². The van der Waals surface area contributed by atoms with Crippen LogP contribution in [0.1, 0.15) is 64.5 Å². The minimum absolute atomic E-state index is 0.0117. The Balaban J connectivity index is 1.50. The summed E-state index contributed by atoms with van der Waals surface area (Å²) in [4.78, 5) is 2.51. The Bertz CT molecular complexity index is 655. The van der Waals surface area contributed by atoms with Crippen LogP contribution in [0.3, 0.4) is 0 Å². The number of hydrogen-bond donors (Lipinski definition) is 1. The van der Waals surface area contributed by atoms with E-state index < -0.39 is 0 Å². The topological polar surface area (TPSA) is 41.9 Å². The van der Waals surface area contributed by atoms with Crippen molar-refractivity contribution in [3.05, 3.63) is 29.8 Å². The number of para-hydroxylation sites is 1. The van der Waals surface area contributed by atoms with Gasteiger partial charge in [-0.1, -0.05) is 31.5 Å². The molecule has 2 aliphatic heterocycles. The molecule has 2 heterocycles. The van der Waals surface area contributed by atoms with E-state index in [2.05, 4.69) is 49.9 Å². The Morgan fingerprint density at radius 3 is 2.68 bits per heavy atom. The predicted molar refractivity (Wildman–Crippen MR) is 112 cm³/mol. The van der Waals surface area contributed by atoms with Gasteiger partial charge in [0.1, 0.15) is 12.4 Å². The molecule has 1 saturated carbocycles. The fourth-order valence-corrected chi connectivity index (χ4v) is 5.52. The zero-order valence-electron chi connectivity index (χ0n) is 17.8. The highest BCUT2D eigenvalue weighted by atomic mass is 16.5. The molecule has 28 heavy (non-hydrogen) atoms. The van der Waals surface area contributed by atoms with E-state index in [9.17, 15) is 5.11 Å². The first-order chi connectivity index (χ1) is 13.5. The SMILES string of the molecule is C[C@H]1C2CC(C[C@@H]1O)C(C)(C)O[C@H]2c1ccccc1OCCN1CCCCC1. The molecule has 3 fully saturated rings. The molecule has 0 radical (unpaired) electrons. The number of hydrogen-bond acceptors (Lipinski definition) is 4. The molecule has 2 unspecified atom stereocenters. The van der Waals surface area contributed by atoms with E-state index in [0.29, 0.717) is 11.8 Å². The molecule has 5 atom stereocenters. The number of likely N-dealkylation sites (tertiary alicyclic amines) is 1. The molecule has 156 valence electrons. The monoisotopic (exact) mass is 387 g/mol. The molecule has 1 aromatic carbocycles. The Morgan fingerprint density at radius 2 is 1.89 bits per heavy atom. The van der Waals surface area contributed by atoms with Gasteiger partial charge in [-0.3, -0.25) is 4.90 Å². The number of ether oxygens (including phenoxy) is 2. The predicted octanol–water partition coefficient (Wildman–Crippen LogP) is 4.42. The lowest BCUT2D eigenvalue weighted by molar-refractivity contribution is -0.215. The van der Waals surface area contributed by atoms with Gasteiger partial charge in [0.05, 0.1) is 17.8 Å². The summed E-state index contributed by atoms with van der Waals surface area (Å²) in [5.74, 6) is 1.96. The van der Waals surface area contributed by atoms with E-state index in [1.807, 2.05) is 0 Å². The minimum Gasteiger partial charge on any atom is -0.492 e. The van der Waals surface area contributed by atoms with Crippen LogP contribution in [0, 0.1) is 17.8 Å². The quantitative estimate of drug-likeness (QED) is 0.812. The van der Waals surface area contributed by atoms with Crippen LogP contribution in [-0.4, -0.2) is 48.0 Å². The average Bonchev–Trinajstić information content (AvgIpc) is 2.69. The molecule has 0 amide bonds. The third-order valence-electron chi connectivity index (χ3n) is 7.51. The van der Waals surface area contributed by atoms with Gasteiger partial charge in [0.2, 0.25) is 0 Å². The molecule has 1 N–H and O–H groups in total. The number of nitrogens with zero attached hydrogens (tertiary/aromatic N) is 1. The Kier molecular flexibility index (Phi) is 6.01. The summed E-state index contributed by atoms with van der Waals surface area (Å²) in [6.07, 6.45) is 5.71. The molecule has 0 spiro atoms. The molecule has 4 nitrogen and oxygen atoms in total. The summed E-state index contributed by atoms with van der Waals surface area (Å²) in [5.41, 5.74) is 0.932. The molecular weight excluding hydrogens is 350 g/mol. The van der Waals surface area contributed by atoms with Crippen LogP contribution in [0.4, 0.5) is 0 Å². The summed E-state index contributed by atoms with van der Waals surface area (Å²) in [7, 11) is 0. The van der Waals surface area contributed by atoms with Gasteiger partial charge in [0, 0.05) is 12.1 Å². The van der Waals surface area contributed by atoms with Crippen molar-refractivity contribution in [3.8, 4) is 5.75 Å². The normalized spacial score (nSPS) is 35.5. The van der Waals surface area contributed by atoms with Crippen molar-refractivity contribution in [2.45, 2.75) is 70.7 Å². The Hall–Kier alpha value is -1.10. The van der Waals surface area contributed by atoms with Gasteiger partial charge in [-0.05, 0) is 76.4 Å². The number of aliphatic hydroxyl groups is 1. The second-order valence-corrected chi connectivity index (χ2v) is 9.69. The number of aliphatic hydroxyl groups excluding tert-OH is 1. The maximum Gasteiger partial charge on any atom is 0.125 e. The molecular formula is C24H37NO3. The van der Waals surface area contributed by atoms with Crippen molar-refractivity contribution in [2.24, 2.45) is 17.8 Å². The molecule has 1 aromatic rings. The highest BCUT2D eigenvalue weighted by Crippen LogP contribution is 2.54. The molecule has 2 bridgehead atoms. The molecule has 4 heteroatoms. The van der Waals surface area contributed by atoms with Gasteiger partial charge in [0.25, 0.3) is 0 Å². The summed E-state index contributed by atoms with van der Waals surface area (Å²) in [6, 6.07) is 8.37. The second kappa shape index (κ2) is 8.33. The molecule has 0 aromatic heterocycles. The highest BCUT2D eigenvalue weighted by molar-refractivity contribution is 5.36. The number of fused-ring (bicyclic) bond motifs is 2. The second-order valence-electron chi connectivity index (χ2n) is 9.69. The van der Waals surface area contributed by atoms with Crippen molar-refractivity contribution < 1.29 is 14.6 Å². The Labute approximate surface area is 170 Å². The molecule has 4 rings (SSSR count). The lowest BCUT2D eigenvalue weighted by Crippen LogP contribution is -2.52. The summed E-state index contributed by atoms with van der Waals surface area (Å²) < 4.78 is 13.0. The number of piperidine rings is 1. The van der Waals surface area contributed by atoms with Crippen LogP contribution < -0.4 is 4.74 Å². The minimum atomic E-state index is -0.235. The van der Waals surface area contributed by atoms with Crippen LogP contribution in [0.25, 0.3) is 0 Å². The fourth-order valence-electron chi connectivity index (χ4n) is 5.52. The van der Waals surface area contributed by atoms with Gasteiger partial charge in [-0.15, -0.1) is 0 Å². The van der Waals surface area contributed by atoms with Crippen LogP contribution in [-0.2, 0) is 4.74 Å². The van der Waals surface area contributed by atoms with Crippen molar-refractivity contribution in [2.75, 3.05) is 26.2 Å². The standard InChI is InChI=1S/C24H37NO3/c1-17-20-15-18(16-21(17)26)24(2,3)28-23(20)19-9-5-6-10-22(19)27-14-13-25-11-7-4-8-12-25/h5-6,9-10,17-18,20-21,23,26H,4,7-8,11-16H2,1-3H3/t17-,18?,20?,21-,23-/m0/s1. The third kappa shape index (κ3) is 4.10. The maximum atomic E-state index is 10.6. The summed E-state index contributed by atoms with van der Waals surface area (Å²) in [6.45, 7) is 10.7. The summed E-state index contributed by atoms with van der Waals surface area (Å²) in [5, 5.41) is 10.6. The lowest BCUT2D eigenvalue weighted by atomic mass is 9.63. The lowest BCUT2D eigenvalue weighted by Gasteiger charge is -2.53. The first-order valence-electron chi connectivity index (χ1n) is 11.3. The zero-order chi connectivity index (χ0) is 19.7. The van der Waals surface area contributed by atoms with Crippen molar-refractivity contribution in [3.63, 3.8) is 0 Å². The van der Waals surface area contributed by atoms with E-state index in [0.717, 1.165) is 37.3 Å². The van der Waals surface area contributed by atoms with E-state index >= 15 is 0 Å². The molecule has 3 aliphatic rings. The zero-order valence-corrected chi connectivity index (χ0v) is 17.8. The van der Waals surface area contributed by atoms with Crippen molar-refractivity contribution in [1.82, 2.24) is 4.90 Å². The van der Waals surface area contributed by atoms with Crippen LogP contribution in [0.5, 0.6) is 5.75 Å². The maximum absolute atomic E-state index is 10.6. The smallest absolute Gasteiger partial charge is 0.125 e. The van der Waals surface area contributed by atoms with Crippen LogP contribution in [0.2, 0.25) is 0 Å². The fraction of sp³-hybridized carbons (Fsp3) is 0.750. The third-order valence-corrected chi connectivity index (χ3v) is 7.51. The van der Waals surface area contributed by atoms with Crippen molar-refractivity contribution in [1.29, 1.82) is 0 Å². The van der Waals surface area contributed by atoms with Gasteiger partial charge < -0.3 is 14.6 Å². The first kappa shape index (κ1) is 20.2. The molecule has 2 saturated heterocycles. The number of benzene rings is 1. The van der Waals surface area contributed by atoms with Gasteiger partial charge in [-0.2, -0.15) is 0 Å². The van der Waals surface area contributed by atoms with E-state index in [1.165, 1.54) is 32.4 Å². The van der Waals surface area contributed by atoms with Crippen LogP contribution >= 0.6 is 0 Å². The highest BCUT2D eigenvalue weighted by Gasteiger charge is 2.51. The molecule has 1 aliphatic carbocycles. The van der Waals surface area contributed by atoms with E-state index in [4.69, 9.17) is 9.47 Å².